The minimum absolute atomic E-state index is 0.111. The molecule has 1 fully saturated rings. The first-order valence-corrected chi connectivity index (χ1v) is 9.08. The molecule has 5 N–H and O–H groups in total. The Labute approximate surface area is 166 Å². The molecular weight excluding hydrogens is 389 g/mol. The van der Waals surface area contributed by atoms with Gasteiger partial charge in [-0.15, -0.1) is 0 Å². The van der Waals surface area contributed by atoms with Crippen molar-refractivity contribution in [3.05, 3.63) is 35.4 Å². The van der Waals surface area contributed by atoms with Gasteiger partial charge in [-0.2, -0.15) is 13.2 Å². The molecule has 1 aliphatic rings. The number of nitrogens with zero attached hydrogens (tertiary/aromatic N) is 2. The Bertz CT molecular complexity index is 736. The van der Waals surface area contributed by atoms with Gasteiger partial charge in [-0.1, -0.05) is 12.1 Å². The van der Waals surface area contributed by atoms with Gasteiger partial charge in [0.05, 0.1) is 13.1 Å². The van der Waals surface area contributed by atoms with E-state index in [-0.39, 0.29) is 12.6 Å². The maximum atomic E-state index is 12.5. The fraction of sp³-hybridized carbons (Fsp3) is 0.500. The molecule has 1 unspecified atom stereocenters. The predicted molar refractivity (Wildman–Crippen MR) is 102 cm³/mol. The Morgan fingerprint density at radius 2 is 1.93 bits per heavy atom. The zero-order valence-corrected chi connectivity index (χ0v) is 16.1. The maximum Gasteiger partial charge on any atom is 0.401 e. The van der Waals surface area contributed by atoms with Crippen LogP contribution in [0.2, 0.25) is 0 Å². The molecular formula is C18H25F3N6O2. The van der Waals surface area contributed by atoms with Crippen LogP contribution in [-0.4, -0.2) is 68.1 Å². The van der Waals surface area contributed by atoms with E-state index >= 15 is 0 Å². The number of nitrogens with one attached hydrogen (secondary N) is 3. The van der Waals surface area contributed by atoms with Gasteiger partial charge in [0.25, 0.3) is 5.91 Å². The smallest absolute Gasteiger partial charge is 0.368 e. The third-order valence-electron chi connectivity index (χ3n) is 4.34. The van der Waals surface area contributed by atoms with E-state index in [0.29, 0.717) is 37.6 Å². The van der Waals surface area contributed by atoms with E-state index < -0.39 is 24.5 Å². The number of halogens is 3. The highest BCUT2D eigenvalue weighted by atomic mass is 19.4. The van der Waals surface area contributed by atoms with Crippen molar-refractivity contribution in [1.29, 1.82) is 0 Å². The number of guanidine groups is 1. The van der Waals surface area contributed by atoms with Gasteiger partial charge in [-0.05, 0) is 24.1 Å². The van der Waals surface area contributed by atoms with Gasteiger partial charge >= 0.3 is 6.18 Å². The van der Waals surface area contributed by atoms with Crippen molar-refractivity contribution in [2.45, 2.75) is 25.2 Å². The van der Waals surface area contributed by atoms with Crippen LogP contribution >= 0.6 is 0 Å². The first kappa shape index (κ1) is 22.5. The third kappa shape index (κ3) is 7.98. The molecule has 0 aromatic heterocycles. The first-order chi connectivity index (χ1) is 13.7. The summed E-state index contributed by atoms with van der Waals surface area (Å²) < 4.78 is 37.5. The second-order valence-electron chi connectivity index (χ2n) is 6.75. The van der Waals surface area contributed by atoms with Gasteiger partial charge in [0.2, 0.25) is 5.91 Å². The monoisotopic (exact) mass is 414 g/mol. The lowest BCUT2D eigenvalue weighted by molar-refractivity contribution is -0.143. The van der Waals surface area contributed by atoms with Crippen LogP contribution in [0.5, 0.6) is 0 Å². The van der Waals surface area contributed by atoms with Crippen molar-refractivity contribution in [1.82, 2.24) is 20.9 Å². The highest BCUT2D eigenvalue weighted by Crippen LogP contribution is 2.19. The molecule has 1 aliphatic heterocycles. The Hall–Kier alpha value is -2.82. The van der Waals surface area contributed by atoms with Gasteiger partial charge < -0.3 is 21.7 Å². The van der Waals surface area contributed by atoms with Crippen LogP contribution in [0.15, 0.2) is 29.3 Å². The standard InChI is InChI=1S/C18H25F3N6O2/c1-23-17(26-14-6-7-27(10-14)11-18(19,20)21)25-8-12-2-4-13(5-3-12)16(29)24-9-15(22)28/h2-5,14H,6-11H2,1H3,(H2,22,28)(H,24,29)(H2,23,25,26). The first-order valence-electron chi connectivity index (χ1n) is 9.08. The van der Waals surface area contributed by atoms with Crippen LogP contribution in [0.4, 0.5) is 13.2 Å². The van der Waals surface area contributed by atoms with E-state index in [2.05, 4.69) is 20.9 Å². The molecule has 1 saturated heterocycles. The van der Waals surface area contributed by atoms with E-state index in [1.54, 1.807) is 31.3 Å². The number of primary amides is 1. The summed E-state index contributed by atoms with van der Waals surface area (Å²) in [5, 5.41) is 8.63. The average Bonchev–Trinajstić information content (AvgIpc) is 3.08. The summed E-state index contributed by atoms with van der Waals surface area (Å²) >= 11 is 0. The number of hydrogen-bond acceptors (Lipinski definition) is 4. The van der Waals surface area contributed by atoms with Gasteiger partial charge in [-0.3, -0.25) is 19.5 Å². The minimum Gasteiger partial charge on any atom is -0.368 e. The number of amides is 2. The number of aliphatic imine (C=N–C) groups is 1. The Morgan fingerprint density at radius 1 is 1.24 bits per heavy atom. The Balaban J connectivity index is 1.79. The van der Waals surface area contributed by atoms with E-state index in [1.807, 2.05) is 0 Å². The topological polar surface area (TPSA) is 112 Å². The fourth-order valence-corrected chi connectivity index (χ4v) is 2.96. The molecule has 2 rings (SSSR count). The molecule has 2 amide bonds. The second-order valence-corrected chi connectivity index (χ2v) is 6.75. The average molecular weight is 414 g/mol. The minimum atomic E-state index is -4.20. The maximum absolute atomic E-state index is 12.5. The number of nitrogens with two attached hydrogens (primary N) is 1. The number of alkyl halides is 3. The second kappa shape index (κ2) is 10.1. The van der Waals surface area contributed by atoms with Crippen molar-refractivity contribution >= 4 is 17.8 Å². The third-order valence-corrected chi connectivity index (χ3v) is 4.34. The molecule has 29 heavy (non-hydrogen) atoms. The van der Waals surface area contributed by atoms with Crippen LogP contribution in [0.1, 0.15) is 22.3 Å². The molecule has 1 atom stereocenters. The molecule has 0 bridgehead atoms. The highest BCUT2D eigenvalue weighted by molar-refractivity contribution is 5.96. The lowest BCUT2D eigenvalue weighted by Gasteiger charge is -2.19. The van der Waals surface area contributed by atoms with Crippen LogP contribution in [0.3, 0.4) is 0 Å². The van der Waals surface area contributed by atoms with Crippen molar-refractivity contribution in [2.75, 3.05) is 33.2 Å². The van der Waals surface area contributed by atoms with Crippen molar-refractivity contribution in [3.8, 4) is 0 Å². The van der Waals surface area contributed by atoms with Crippen molar-refractivity contribution in [2.24, 2.45) is 10.7 Å². The van der Waals surface area contributed by atoms with E-state index in [4.69, 9.17) is 5.73 Å². The predicted octanol–water partition coefficient (Wildman–Crippen LogP) is 0.203. The molecule has 0 spiro atoms. The summed E-state index contributed by atoms with van der Waals surface area (Å²) in [6.45, 7) is -0.0348. The summed E-state index contributed by atoms with van der Waals surface area (Å²) in [4.78, 5) is 28.0. The highest BCUT2D eigenvalue weighted by Gasteiger charge is 2.34. The molecule has 8 nitrogen and oxygen atoms in total. The Morgan fingerprint density at radius 3 is 2.52 bits per heavy atom. The van der Waals surface area contributed by atoms with Gasteiger partial charge in [0.15, 0.2) is 5.96 Å². The summed E-state index contributed by atoms with van der Waals surface area (Å²) in [5.74, 6) is -0.528. The molecule has 11 heteroatoms. The summed E-state index contributed by atoms with van der Waals surface area (Å²) in [6, 6.07) is 6.63. The lowest BCUT2D eigenvalue weighted by Crippen LogP contribution is -2.44. The van der Waals surface area contributed by atoms with E-state index in [9.17, 15) is 22.8 Å². The molecule has 0 radical (unpaired) electrons. The van der Waals surface area contributed by atoms with Crippen LogP contribution in [-0.2, 0) is 11.3 Å². The van der Waals surface area contributed by atoms with Gasteiger partial charge in [0.1, 0.15) is 0 Å². The Kier molecular flexibility index (Phi) is 7.82. The zero-order valence-electron chi connectivity index (χ0n) is 16.1. The number of carbonyl (C=O) groups excluding carboxylic acids is 2. The summed E-state index contributed by atoms with van der Waals surface area (Å²) in [6.07, 6.45) is -3.59. The largest absolute Gasteiger partial charge is 0.401 e. The number of hydrogen-bond donors (Lipinski definition) is 4. The van der Waals surface area contributed by atoms with Gasteiger partial charge in [0, 0.05) is 38.3 Å². The quantitative estimate of drug-likeness (QED) is 0.376. The zero-order chi connectivity index (χ0) is 21.4. The van der Waals surface area contributed by atoms with Crippen LogP contribution in [0.25, 0.3) is 0 Å². The van der Waals surface area contributed by atoms with Crippen molar-refractivity contribution in [3.63, 3.8) is 0 Å². The van der Waals surface area contributed by atoms with Crippen LogP contribution < -0.4 is 21.7 Å². The van der Waals surface area contributed by atoms with Crippen LogP contribution in [0, 0.1) is 0 Å². The number of likely N-dealkylation sites (tertiary alicyclic amines) is 1. The molecule has 0 aliphatic carbocycles. The SMILES string of the molecule is CN=C(NCc1ccc(C(=O)NCC(N)=O)cc1)NC1CCN(CC(F)(F)F)C1. The molecule has 1 heterocycles. The number of benzene rings is 1. The number of carbonyl (C=O) groups is 2. The van der Waals surface area contributed by atoms with Gasteiger partial charge in [-0.25, -0.2) is 0 Å². The molecule has 1 aromatic carbocycles. The molecule has 1 aromatic rings. The van der Waals surface area contributed by atoms with E-state index in [0.717, 1.165) is 5.56 Å². The fourth-order valence-electron chi connectivity index (χ4n) is 2.96. The van der Waals surface area contributed by atoms with E-state index in [1.165, 1.54) is 4.90 Å². The lowest BCUT2D eigenvalue weighted by atomic mass is 10.1. The number of rotatable bonds is 7. The summed E-state index contributed by atoms with van der Waals surface area (Å²) in [5.41, 5.74) is 6.26. The molecule has 160 valence electrons. The molecule has 0 saturated carbocycles. The normalized spacial score (nSPS) is 17.8. The summed E-state index contributed by atoms with van der Waals surface area (Å²) in [7, 11) is 1.59. The van der Waals surface area contributed by atoms with Crippen molar-refractivity contribution < 1.29 is 22.8 Å².